The number of carbonyl (C=O) groups excluding carboxylic acids is 2. The van der Waals surface area contributed by atoms with Crippen molar-refractivity contribution < 1.29 is 9.59 Å². The molecule has 1 aromatic carbocycles. The molecule has 1 aromatic rings. The van der Waals surface area contributed by atoms with Gasteiger partial charge >= 0.3 is 0 Å². The third-order valence-corrected chi connectivity index (χ3v) is 2.69. The summed E-state index contributed by atoms with van der Waals surface area (Å²) in [6, 6.07) is 9.76. The molecule has 112 valence electrons. The van der Waals surface area contributed by atoms with Crippen LogP contribution in [0.5, 0.6) is 0 Å². The van der Waals surface area contributed by atoms with Crippen molar-refractivity contribution in [1.29, 1.82) is 0 Å². The van der Waals surface area contributed by atoms with E-state index in [4.69, 9.17) is 5.73 Å². The molecule has 0 aliphatic heterocycles. The number of carbonyl (C=O) groups is 2. The fraction of sp³-hybridized carbons (Fsp3) is 0.429. The number of hydrogen-bond donors (Lipinski definition) is 2. The molecule has 2 amide bonds. The molecular weight excluding hydrogens is 278 g/mol. The zero-order valence-electron chi connectivity index (χ0n) is 11.7. The third kappa shape index (κ3) is 7.11. The van der Waals surface area contributed by atoms with Gasteiger partial charge in [-0.25, -0.2) is 0 Å². The molecule has 0 aliphatic rings. The summed E-state index contributed by atoms with van der Waals surface area (Å²) in [5.41, 5.74) is 6.55. The molecular formula is C14H22ClN3O2. The highest BCUT2D eigenvalue weighted by molar-refractivity contribution is 5.85. The van der Waals surface area contributed by atoms with Gasteiger partial charge in [-0.15, -0.1) is 12.4 Å². The van der Waals surface area contributed by atoms with Gasteiger partial charge in [-0.3, -0.25) is 9.59 Å². The minimum atomic E-state index is -0.202. The highest BCUT2D eigenvalue weighted by Gasteiger charge is 2.13. The smallest absolute Gasteiger partial charge is 0.242 e. The number of nitrogens with one attached hydrogen (secondary N) is 1. The van der Waals surface area contributed by atoms with Crippen LogP contribution in [0.25, 0.3) is 0 Å². The molecule has 0 spiro atoms. The third-order valence-electron chi connectivity index (χ3n) is 2.69. The highest BCUT2D eigenvalue weighted by atomic mass is 35.5. The minimum Gasteiger partial charge on any atom is -0.347 e. The molecule has 0 saturated heterocycles. The monoisotopic (exact) mass is 299 g/mol. The summed E-state index contributed by atoms with van der Waals surface area (Å²) in [7, 11) is 0. The molecule has 5 nitrogen and oxygen atoms in total. The summed E-state index contributed by atoms with van der Waals surface area (Å²) in [6.07, 6.45) is 0.749. The maximum absolute atomic E-state index is 12.0. The van der Waals surface area contributed by atoms with Crippen LogP contribution in [0.1, 0.15) is 18.9 Å². The second-order valence-corrected chi connectivity index (χ2v) is 4.35. The van der Waals surface area contributed by atoms with E-state index in [1.165, 1.54) is 6.92 Å². The van der Waals surface area contributed by atoms with Crippen LogP contribution in [0, 0.1) is 0 Å². The Bertz CT molecular complexity index is 412. The van der Waals surface area contributed by atoms with Crippen molar-refractivity contribution in [2.24, 2.45) is 5.73 Å². The first-order valence-electron chi connectivity index (χ1n) is 6.39. The van der Waals surface area contributed by atoms with E-state index in [0.717, 1.165) is 12.0 Å². The summed E-state index contributed by atoms with van der Waals surface area (Å²) in [5.74, 6) is -0.292. The second kappa shape index (κ2) is 10.2. The van der Waals surface area contributed by atoms with Crippen molar-refractivity contribution in [3.8, 4) is 0 Å². The Morgan fingerprint density at radius 1 is 1.25 bits per heavy atom. The molecule has 3 N–H and O–H groups in total. The number of nitrogens with two attached hydrogens (primary N) is 1. The van der Waals surface area contributed by atoms with E-state index >= 15 is 0 Å². The minimum absolute atomic E-state index is 0. The van der Waals surface area contributed by atoms with Gasteiger partial charge in [0.25, 0.3) is 0 Å². The predicted molar refractivity (Wildman–Crippen MR) is 81.5 cm³/mol. The lowest BCUT2D eigenvalue weighted by molar-refractivity contribution is -0.133. The summed E-state index contributed by atoms with van der Waals surface area (Å²) >= 11 is 0. The lowest BCUT2D eigenvalue weighted by Gasteiger charge is -2.22. The normalized spacial score (nSPS) is 9.50. The van der Waals surface area contributed by atoms with Crippen LogP contribution in [-0.4, -0.2) is 36.3 Å². The molecule has 0 aromatic heterocycles. The Kier molecular flexibility index (Phi) is 9.41. The number of rotatable bonds is 7. The van der Waals surface area contributed by atoms with Crippen LogP contribution < -0.4 is 11.1 Å². The van der Waals surface area contributed by atoms with Crippen molar-refractivity contribution in [3.63, 3.8) is 0 Å². The first-order chi connectivity index (χ1) is 9.13. The molecule has 20 heavy (non-hydrogen) atoms. The largest absolute Gasteiger partial charge is 0.347 e. The van der Waals surface area contributed by atoms with E-state index in [-0.39, 0.29) is 30.8 Å². The zero-order valence-corrected chi connectivity index (χ0v) is 12.5. The van der Waals surface area contributed by atoms with E-state index in [2.05, 4.69) is 5.32 Å². The van der Waals surface area contributed by atoms with Gasteiger partial charge in [0.05, 0.1) is 6.54 Å². The maximum Gasteiger partial charge on any atom is 0.242 e. The highest BCUT2D eigenvalue weighted by Crippen LogP contribution is 2.05. The molecule has 0 saturated carbocycles. The lowest BCUT2D eigenvalue weighted by atomic mass is 10.2. The van der Waals surface area contributed by atoms with Crippen molar-refractivity contribution in [3.05, 3.63) is 35.9 Å². The van der Waals surface area contributed by atoms with E-state index in [9.17, 15) is 9.59 Å². The van der Waals surface area contributed by atoms with E-state index in [1.807, 2.05) is 30.3 Å². The van der Waals surface area contributed by atoms with Crippen molar-refractivity contribution in [1.82, 2.24) is 10.2 Å². The van der Waals surface area contributed by atoms with Crippen LogP contribution in [0.3, 0.4) is 0 Å². The number of benzene rings is 1. The molecule has 0 radical (unpaired) electrons. The molecule has 0 aliphatic carbocycles. The lowest BCUT2D eigenvalue weighted by Crippen LogP contribution is -2.40. The summed E-state index contributed by atoms with van der Waals surface area (Å²) in [4.78, 5) is 24.6. The van der Waals surface area contributed by atoms with Gasteiger partial charge < -0.3 is 16.0 Å². The van der Waals surface area contributed by atoms with Crippen molar-refractivity contribution >= 4 is 24.2 Å². The van der Waals surface area contributed by atoms with Crippen molar-refractivity contribution in [2.75, 3.05) is 19.6 Å². The van der Waals surface area contributed by atoms with E-state index in [0.29, 0.717) is 19.6 Å². The SMILES string of the molecule is CC(=O)NCC(=O)N(CCCN)Cc1ccccc1.Cl. The topological polar surface area (TPSA) is 75.4 Å². The summed E-state index contributed by atoms with van der Waals surface area (Å²) in [6.45, 7) is 3.11. The molecule has 6 heteroatoms. The Labute approximate surface area is 125 Å². The standard InChI is InChI=1S/C14H21N3O2.ClH/c1-12(18)16-10-14(19)17(9-5-8-15)11-13-6-3-2-4-7-13;/h2-4,6-7H,5,8-11,15H2,1H3,(H,16,18);1H. The van der Waals surface area contributed by atoms with Crippen LogP contribution >= 0.6 is 12.4 Å². The van der Waals surface area contributed by atoms with Gasteiger partial charge in [0.2, 0.25) is 11.8 Å². The summed E-state index contributed by atoms with van der Waals surface area (Å²) < 4.78 is 0. The quantitative estimate of drug-likeness (QED) is 0.786. The first-order valence-corrected chi connectivity index (χ1v) is 6.39. The molecule has 1 rings (SSSR count). The van der Waals surface area contributed by atoms with Crippen LogP contribution in [0.15, 0.2) is 30.3 Å². The number of hydrogen-bond acceptors (Lipinski definition) is 3. The first kappa shape index (κ1) is 18.4. The van der Waals surface area contributed by atoms with Gasteiger partial charge in [0.15, 0.2) is 0 Å². The van der Waals surface area contributed by atoms with E-state index in [1.54, 1.807) is 4.90 Å². The van der Waals surface area contributed by atoms with Gasteiger partial charge in [0, 0.05) is 20.0 Å². The molecule has 0 heterocycles. The zero-order chi connectivity index (χ0) is 14.1. The molecule has 0 atom stereocenters. The van der Waals surface area contributed by atoms with Crippen LogP contribution in [-0.2, 0) is 16.1 Å². The van der Waals surface area contributed by atoms with Gasteiger partial charge in [-0.2, -0.15) is 0 Å². The fourth-order valence-corrected chi connectivity index (χ4v) is 1.69. The van der Waals surface area contributed by atoms with Gasteiger partial charge in [0.1, 0.15) is 0 Å². The summed E-state index contributed by atoms with van der Waals surface area (Å²) in [5, 5.41) is 2.53. The van der Waals surface area contributed by atoms with Crippen molar-refractivity contribution in [2.45, 2.75) is 19.9 Å². The second-order valence-electron chi connectivity index (χ2n) is 4.35. The van der Waals surface area contributed by atoms with Crippen LogP contribution in [0.2, 0.25) is 0 Å². The van der Waals surface area contributed by atoms with Crippen LogP contribution in [0.4, 0.5) is 0 Å². The number of nitrogens with zero attached hydrogens (tertiary/aromatic N) is 1. The molecule has 0 fully saturated rings. The predicted octanol–water partition coefficient (Wildman–Crippen LogP) is 0.922. The average Bonchev–Trinajstić information content (AvgIpc) is 2.41. The molecule has 0 bridgehead atoms. The average molecular weight is 300 g/mol. The fourth-order valence-electron chi connectivity index (χ4n) is 1.69. The molecule has 0 unspecified atom stereocenters. The van der Waals surface area contributed by atoms with E-state index < -0.39 is 0 Å². The number of halogens is 1. The Balaban J connectivity index is 0.00000361. The Morgan fingerprint density at radius 3 is 2.45 bits per heavy atom. The van der Waals surface area contributed by atoms with Gasteiger partial charge in [-0.1, -0.05) is 30.3 Å². The van der Waals surface area contributed by atoms with Gasteiger partial charge in [-0.05, 0) is 18.5 Å². The maximum atomic E-state index is 12.0. The Morgan fingerprint density at radius 2 is 1.90 bits per heavy atom. The number of amides is 2. The Hall–Kier alpha value is -1.59.